The molecule has 0 atom stereocenters. The van der Waals surface area contributed by atoms with Gasteiger partial charge in [0.2, 0.25) is 0 Å². The highest BCUT2D eigenvalue weighted by Gasteiger charge is 2.53. The Kier molecular flexibility index (Phi) is 2.99. The number of para-hydroxylation sites is 1. The average Bonchev–Trinajstić information content (AvgIpc) is 3.10. The van der Waals surface area contributed by atoms with E-state index in [0.717, 1.165) is 0 Å². The van der Waals surface area contributed by atoms with Crippen LogP contribution in [0.5, 0.6) is 5.75 Å². The molecule has 0 spiro atoms. The van der Waals surface area contributed by atoms with Crippen molar-refractivity contribution < 1.29 is 19.1 Å². The van der Waals surface area contributed by atoms with Crippen molar-refractivity contribution in [3.8, 4) is 5.75 Å². The lowest BCUT2D eigenvalue weighted by atomic mass is 10.3. The molecule has 0 bridgehead atoms. The van der Waals surface area contributed by atoms with Gasteiger partial charge in [-0.2, -0.15) is 0 Å². The highest BCUT2D eigenvalue weighted by molar-refractivity contribution is 5.89. The minimum Gasteiger partial charge on any atom is -0.467 e. The van der Waals surface area contributed by atoms with E-state index in [1.54, 1.807) is 24.3 Å². The maximum absolute atomic E-state index is 11.5. The second kappa shape index (κ2) is 4.45. The molecule has 1 aromatic rings. The summed E-state index contributed by atoms with van der Waals surface area (Å²) in [5.74, 6) is 0.00757. The van der Waals surface area contributed by atoms with Crippen LogP contribution < -0.4 is 10.1 Å². The molecular formula is C12H13NO4. The lowest BCUT2D eigenvalue weighted by molar-refractivity contribution is -0.144. The number of nitrogens with one attached hydrogen (secondary N) is 1. The summed E-state index contributed by atoms with van der Waals surface area (Å²) in [4.78, 5) is 22.9. The van der Waals surface area contributed by atoms with Crippen LogP contribution in [0.1, 0.15) is 12.8 Å². The third-order valence-electron chi connectivity index (χ3n) is 2.62. The molecule has 1 aliphatic carbocycles. The number of carbonyl (C=O) groups excluding carboxylic acids is 2. The zero-order valence-corrected chi connectivity index (χ0v) is 9.43. The van der Waals surface area contributed by atoms with E-state index in [1.807, 2.05) is 6.07 Å². The van der Waals surface area contributed by atoms with Gasteiger partial charge in [0.1, 0.15) is 11.3 Å². The minimum atomic E-state index is -0.874. The van der Waals surface area contributed by atoms with Crippen molar-refractivity contribution in [3.05, 3.63) is 30.3 Å². The Labute approximate surface area is 98.7 Å². The number of esters is 1. The quantitative estimate of drug-likeness (QED) is 0.806. The molecule has 1 aliphatic rings. The molecule has 0 heterocycles. The first-order valence-electron chi connectivity index (χ1n) is 5.30. The van der Waals surface area contributed by atoms with Crippen LogP contribution in [0.4, 0.5) is 4.79 Å². The summed E-state index contributed by atoms with van der Waals surface area (Å²) in [5, 5.41) is 2.53. The van der Waals surface area contributed by atoms with Crippen LogP contribution in [0.2, 0.25) is 0 Å². The predicted molar refractivity (Wildman–Crippen MR) is 59.6 cm³/mol. The normalized spacial score (nSPS) is 15.8. The highest BCUT2D eigenvalue weighted by Crippen LogP contribution is 2.36. The van der Waals surface area contributed by atoms with E-state index in [1.165, 1.54) is 7.11 Å². The van der Waals surface area contributed by atoms with Crippen LogP contribution in [-0.2, 0) is 9.53 Å². The van der Waals surface area contributed by atoms with Gasteiger partial charge in [-0.3, -0.25) is 0 Å². The van der Waals surface area contributed by atoms with Gasteiger partial charge in [0.25, 0.3) is 0 Å². The molecule has 0 aliphatic heterocycles. The smallest absolute Gasteiger partial charge is 0.413 e. The number of carbonyl (C=O) groups is 2. The zero-order chi connectivity index (χ0) is 12.3. The first kappa shape index (κ1) is 11.4. The van der Waals surface area contributed by atoms with Crippen molar-refractivity contribution in [1.82, 2.24) is 5.32 Å². The van der Waals surface area contributed by atoms with Crippen molar-refractivity contribution in [1.29, 1.82) is 0 Å². The van der Waals surface area contributed by atoms with Crippen molar-refractivity contribution in [3.63, 3.8) is 0 Å². The summed E-state index contributed by atoms with van der Waals surface area (Å²) in [6.45, 7) is 0. The van der Waals surface area contributed by atoms with Crippen LogP contribution >= 0.6 is 0 Å². The minimum absolute atomic E-state index is 0.428. The number of hydrogen-bond acceptors (Lipinski definition) is 4. The third kappa shape index (κ3) is 2.55. The van der Waals surface area contributed by atoms with E-state index in [4.69, 9.17) is 4.74 Å². The van der Waals surface area contributed by atoms with E-state index in [9.17, 15) is 9.59 Å². The molecule has 0 aromatic heterocycles. The monoisotopic (exact) mass is 235 g/mol. The van der Waals surface area contributed by atoms with Gasteiger partial charge in [0.05, 0.1) is 7.11 Å². The van der Waals surface area contributed by atoms with E-state index in [-0.39, 0.29) is 0 Å². The Balaban J connectivity index is 1.92. The number of amides is 1. The SMILES string of the molecule is COC(=O)C1(NC(=O)Oc2ccccc2)CC1. The summed E-state index contributed by atoms with van der Waals surface area (Å²) in [7, 11) is 1.30. The molecule has 1 N–H and O–H groups in total. The van der Waals surface area contributed by atoms with Crippen molar-refractivity contribution >= 4 is 12.1 Å². The largest absolute Gasteiger partial charge is 0.467 e. The van der Waals surface area contributed by atoms with Crippen molar-refractivity contribution in [2.45, 2.75) is 18.4 Å². The molecule has 1 aromatic carbocycles. The van der Waals surface area contributed by atoms with Gasteiger partial charge < -0.3 is 14.8 Å². The summed E-state index contributed by atoms with van der Waals surface area (Å²) in [6, 6.07) is 8.67. The molecule has 1 amide bonds. The fourth-order valence-electron chi connectivity index (χ4n) is 1.52. The molecule has 2 rings (SSSR count). The van der Waals surface area contributed by atoms with Gasteiger partial charge in [-0.1, -0.05) is 18.2 Å². The fourth-order valence-corrected chi connectivity index (χ4v) is 1.52. The van der Waals surface area contributed by atoms with E-state index in [2.05, 4.69) is 10.1 Å². The van der Waals surface area contributed by atoms with Crippen molar-refractivity contribution in [2.75, 3.05) is 7.11 Å². The first-order valence-corrected chi connectivity index (χ1v) is 5.30. The van der Waals surface area contributed by atoms with Crippen molar-refractivity contribution in [2.24, 2.45) is 0 Å². The second-order valence-corrected chi connectivity index (χ2v) is 3.90. The molecule has 0 saturated heterocycles. The summed E-state index contributed by atoms with van der Waals surface area (Å²) >= 11 is 0. The molecular weight excluding hydrogens is 222 g/mol. The first-order chi connectivity index (χ1) is 8.16. The van der Waals surface area contributed by atoms with Gasteiger partial charge in [0, 0.05) is 0 Å². The molecule has 0 unspecified atom stereocenters. The predicted octanol–water partition coefficient (Wildman–Crippen LogP) is 1.48. The Morgan fingerprint density at radius 3 is 2.41 bits per heavy atom. The van der Waals surface area contributed by atoms with Crippen LogP contribution in [0.25, 0.3) is 0 Å². The van der Waals surface area contributed by atoms with E-state index >= 15 is 0 Å². The van der Waals surface area contributed by atoms with Crippen LogP contribution in [0.3, 0.4) is 0 Å². The molecule has 5 nitrogen and oxygen atoms in total. The van der Waals surface area contributed by atoms with Crippen LogP contribution in [-0.4, -0.2) is 24.7 Å². The van der Waals surface area contributed by atoms with E-state index < -0.39 is 17.6 Å². The number of methoxy groups -OCH3 is 1. The lowest BCUT2D eigenvalue weighted by Gasteiger charge is -2.14. The summed E-state index contributed by atoms with van der Waals surface area (Å²) in [5.41, 5.74) is -0.874. The fraction of sp³-hybridized carbons (Fsp3) is 0.333. The van der Waals surface area contributed by atoms with Gasteiger partial charge >= 0.3 is 12.1 Å². The van der Waals surface area contributed by atoms with E-state index in [0.29, 0.717) is 18.6 Å². The summed E-state index contributed by atoms with van der Waals surface area (Å²) in [6.07, 6.45) is 0.534. The second-order valence-electron chi connectivity index (χ2n) is 3.90. The van der Waals surface area contributed by atoms with Crippen LogP contribution in [0.15, 0.2) is 30.3 Å². The average molecular weight is 235 g/mol. The molecule has 0 radical (unpaired) electrons. The molecule has 17 heavy (non-hydrogen) atoms. The van der Waals surface area contributed by atoms with Gasteiger partial charge in [0.15, 0.2) is 0 Å². The topological polar surface area (TPSA) is 64.6 Å². The maximum atomic E-state index is 11.5. The number of hydrogen-bond donors (Lipinski definition) is 1. The Hall–Kier alpha value is -2.04. The number of rotatable bonds is 3. The summed E-state index contributed by atoms with van der Waals surface area (Å²) < 4.78 is 9.65. The van der Waals surface area contributed by atoms with Crippen LogP contribution in [0, 0.1) is 0 Å². The van der Waals surface area contributed by atoms with Gasteiger partial charge in [-0.25, -0.2) is 9.59 Å². The Bertz CT molecular complexity index is 425. The Morgan fingerprint density at radius 1 is 1.24 bits per heavy atom. The maximum Gasteiger partial charge on any atom is 0.413 e. The zero-order valence-electron chi connectivity index (χ0n) is 9.43. The number of benzene rings is 1. The highest BCUT2D eigenvalue weighted by atomic mass is 16.6. The molecule has 1 saturated carbocycles. The molecule has 1 fully saturated rings. The van der Waals surface area contributed by atoms with Gasteiger partial charge in [-0.15, -0.1) is 0 Å². The number of ether oxygens (including phenoxy) is 2. The van der Waals surface area contributed by atoms with Gasteiger partial charge in [-0.05, 0) is 25.0 Å². The third-order valence-corrected chi connectivity index (χ3v) is 2.62. The Morgan fingerprint density at radius 2 is 1.88 bits per heavy atom. The standard InChI is InChI=1S/C12H13NO4/c1-16-10(14)12(7-8-12)13-11(15)17-9-5-3-2-4-6-9/h2-6H,7-8H2,1H3,(H,13,15). The molecule has 5 heteroatoms. The molecule has 90 valence electrons. The lowest BCUT2D eigenvalue weighted by Crippen LogP contribution is -2.45.